The lowest BCUT2D eigenvalue weighted by Crippen LogP contribution is -2.25. The number of amides is 1. The number of carbonyl (C=O) groups excluding carboxylic acids is 1. The Morgan fingerprint density at radius 2 is 1.83 bits per heavy atom. The Hall–Kier alpha value is -2.88. The maximum absolute atomic E-state index is 11.3. The minimum absolute atomic E-state index is 0.0164. The van der Waals surface area contributed by atoms with Crippen molar-refractivity contribution >= 4 is 22.5 Å². The van der Waals surface area contributed by atoms with Crippen LogP contribution in [0.5, 0.6) is 0 Å². The molecule has 0 spiro atoms. The number of hydrazone groups is 1. The number of fused-ring (bicyclic) bond motifs is 1. The van der Waals surface area contributed by atoms with Crippen molar-refractivity contribution in [3.8, 4) is 11.1 Å². The molecule has 0 unspecified atom stereocenters. The first kappa shape index (κ1) is 13.8. The van der Waals surface area contributed by atoms with Crippen molar-refractivity contribution in [1.82, 2.24) is 10.4 Å². The summed E-state index contributed by atoms with van der Waals surface area (Å²) in [6.07, 6.45) is 1.18. The van der Waals surface area contributed by atoms with Crippen molar-refractivity contribution in [1.29, 1.82) is 0 Å². The van der Waals surface area contributed by atoms with E-state index in [4.69, 9.17) is 0 Å². The Morgan fingerprint density at radius 3 is 2.57 bits per heavy atom. The van der Waals surface area contributed by atoms with Gasteiger partial charge >= 0.3 is 0 Å². The van der Waals surface area contributed by atoms with Gasteiger partial charge in [-0.25, -0.2) is 5.43 Å². The molecule has 0 bridgehead atoms. The van der Waals surface area contributed by atoms with Gasteiger partial charge in [-0.3, -0.25) is 4.79 Å². The van der Waals surface area contributed by atoms with Crippen LogP contribution in [0.2, 0.25) is 0 Å². The van der Waals surface area contributed by atoms with Gasteiger partial charge < -0.3 is 4.98 Å². The van der Waals surface area contributed by atoms with E-state index in [1.54, 1.807) is 0 Å². The van der Waals surface area contributed by atoms with Gasteiger partial charge in [0, 0.05) is 35.0 Å². The third kappa shape index (κ3) is 2.42. The minimum atomic E-state index is -0.0164. The van der Waals surface area contributed by atoms with E-state index in [9.17, 15) is 4.79 Å². The summed E-state index contributed by atoms with van der Waals surface area (Å²) in [5, 5.41) is 5.39. The Bertz CT molecular complexity index is 922. The van der Waals surface area contributed by atoms with Gasteiger partial charge in [0.25, 0.3) is 0 Å². The molecule has 2 aromatic carbocycles. The number of H-pyrrole nitrogens is 1. The van der Waals surface area contributed by atoms with E-state index in [-0.39, 0.29) is 5.91 Å². The van der Waals surface area contributed by atoms with E-state index in [2.05, 4.69) is 64.9 Å². The lowest BCUT2D eigenvalue weighted by atomic mass is 9.98. The molecule has 0 aliphatic carbocycles. The molecule has 3 aromatic rings. The number of nitrogens with zero attached hydrogens (tertiary/aromatic N) is 1. The number of aromatic amines is 1. The van der Waals surface area contributed by atoms with E-state index in [0.29, 0.717) is 12.8 Å². The highest BCUT2D eigenvalue weighted by Crippen LogP contribution is 2.33. The normalized spacial score (nSPS) is 14.7. The van der Waals surface area contributed by atoms with Crippen LogP contribution in [0.4, 0.5) is 0 Å². The maximum Gasteiger partial charge on any atom is 0.240 e. The third-order valence-corrected chi connectivity index (χ3v) is 4.29. The van der Waals surface area contributed by atoms with Gasteiger partial charge in [-0.15, -0.1) is 0 Å². The number of aromatic nitrogens is 1. The second kappa shape index (κ2) is 5.39. The zero-order chi connectivity index (χ0) is 15.8. The predicted molar refractivity (Wildman–Crippen MR) is 92.4 cm³/mol. The molecule has 1 amide bonds. The van der Waals surface area contributed by atoms with Crippen LogP contribution in [0, 0.1) is 6.92 Å². The van der Waals surface area contributed by atoms with Crippen molar-refractivity contribution < 1.29 is 4.79 Å². The molecule has 0 saturated carbocycles. The predicted octanol–water partition coefficient (Wildman–Crippen LogP) is 3.76. The standard InChI is InChI=1S/C19H17N3O/c1-12-19(13-5-3-2-4-6-13)15-11-14(7-8-17(15)20-12)16-9-10-18(23)22-21-16/h2-8,11,20H,9-10H2,1H3,(H,22,23). The molecule has 23 heavy (non-hydrogen) atoms. The molecule has 1 aliphatic rings. The lowest BCUT2D eigenvalue weighted by Gasteiger charge is -2.12. The molecule has 1 aromatic heterocycles. The summed E-state index contributed by atoms with van der Waals surface area (Å²) in [5.74, 6) is -0.0164. The molecule has 4 heteroatoms. The van der Waals surface area contributed by atoms with Crippen molar-refractivity contribution in [3.63, 3.8) is 0 Å². The first-order valence-electron chi connectivity index (χ1n) is 7.76. The monoisotopic (exact) mass is 303 g/mol. The van der Waals surface area contributed by atoms with Crippen LogP contribution in [0.1, 0.15) is 24.1 Å². The van der Waals surface area contributed by atoms with Crippen LogP contribution in [-0.2, 0) is 4.79 Å². The highest BCUT2D eigenvalue weighted by atomic mass is 16.2. The molecule has 1 aliphatic heterocycles. The fourth-order valence-corrected chi connectivity index (χ4v) is 3.17. The number of hydrogen-bond acceptors (Lipinski definition) is 2. The number of rotatable bonds is 2. The quantitative estimate of drug-likeness (QED) is 0.744. The van der Waals surface area contributed by atoms with E-state index < -0.39 is 0 Å². The van der Waals surface area contributed by atoms with Crippen LogP contribution in [0.15, 0.2) is 53.6 Å². The van der Waals surface area contributed by atoms with Gasteiger partial charge in [0.1, 0.15) is 0 Å². The van der Waals surface area contributed by atoms with Crippen molar-refractivity contribution in [2.75, 3.05) is 0 Å². The SMILES string of the molecule is Cc1[nH]c2ccc(C3=NNC(=O)CC3)cc2c1-c1ccccc1. The van der Waals surface area contributed by atoms with E-state index >= 15 is 0 Å². The Kier molecular flexibility index (Phi) is 3.23. The van der Waals surface area contributed by atoms with E-state index in [0.717, 1.165) is 22.5 Å². The van der Waals surface area contributed by atoms with Gasteiger partial charge in [0.2, 0.25) is 5.91 Å². The third-order valence-electron chi connectivity index (χ3n) is 4.29. The van der Waals surface area contributed by atoms with Gasteiger partial charge in [-0.05, 0) is 30.2 Å². The van der Waals surface area contributed by atoms with Crippen LogP contribution < -0.4 is 5.43 Å². The number of nitrogens with one attached hydrogen (secondary N) is 2. The van der Waals surface area contributed by atoms with Gasteiger partial charge in [-0.1, -0.05) is 36.4 Å². The Balaban J connectivity index is 1.87. The van der Waals surface area contributed by atoms with Crippen LogP contribution in [0.25, 0.3) is 22.0 Å². The molecule has 0 radical (unpaired) electrons. The molecule has 0 saturated heterocycles. The summed E-state index contributed by atoms with van der Waals surface area (Å²) in [7, 11) is 0. The van der Waals surface area contributed by atoms with Gasteiger partial charge in [0.05, 0.1) is 5.71 Å². The van der Waals surface area contributed by atoms with Crippen LogP contribution >= 0.6 is 0 Å². The molecule has 2 N–H and O–H groups in total. The van der Waals surface area contributed by atoms with Crippen molar-refractivity contribution in [3.05, 3.63) is 59.8 Å². The average molecular weight is 303 g/mol. The maximum atomic E-state index is 11.3. The van der Waals surface area contributed by atoms with Crippen molar-refractivity contribution in [2.24, 2.45) is 5.10 Å². The molecule has 0 fully saturated rings. The second-order valence-corrected chi connectivity index (χ2v) is 5.84. The molecule has 4 nitrogen and oxygen atoms in total. The summed E-state index contributed by atoms with van der Waals surface area (Å²) < 4.78 is 0. The average Bonchev–Trinajstić information content (AvgIpc) is 2.91. The highest BCUT2D eigenvalue weighted by Gasteiger charge is 2.16. The second-order valence-electron chi connectivity index (χ2n) is 5.84. The number of aryl methyl sites for hydroxylation is 1. The van der Waals surface area contributed by atoms with Crippen LogP contribution in [0.3, 0.4) is 0 Å². The van der Waals surface area contributed by atoms with E-state index in [1.807, 2.05) is 6.07 Å². The fourth-order valence-electron chi connectivity index (χ4n) is 3.17. The Morgan fingerprint density at radius 1 is 1.00 bits per heavy atom. The summed E-state index contributed by atoms with van der Waals surface area (Å²) in [5.41, 5.74) is 9.27. The number of carbonyl (C=O) groups is 1. The molecular weight excluding hydrogens is 286 g/mol. The molecule has 114 valence electrons. The largest absolute Gasteiger partial charge is 0.358 e. The minimum Gasteiger partial charge on any atom is -0.358 e. The first-order chi connectivity index (χ1) is 11.2. The topological polar surface area (TPSA) is 57.2 Å². The number of benzene rings is 2. The zero-order valence-electron chi connectivity index (χ0n) is 12.9. The lowest BCUT2D eigenvalue weighted by molar-refractivity contribution is -0.121. The zero-order valence-corrected chi connectivity index (χ0v) is 12.9. The molecule has 0 atom stereocenters. The molecule has 4 rings (SSSR count). The molecule has 2 heterocycles. The number of hydrogen-bond donors (Lipinski definition) is 2. The molecular formula is C19H17N3O. The fraction of sp³-hybridized carbons (Fsp3) is 0.158. The van der Waals surface area contributed by atoms with Crippen LogP contribution in [-0.4, -0.2) is 16.6 Å². The van der Waals surface area contributed by atoms with Gasteiger partial charge in [0.15, 0.2) is 0 Å². The highest BCUT2D eigenvalue weighted by molar-refractivity contribution is 6.08. The first-order valence-corrected chi connectivity index (χ1v) is 7.76. The summed E-state index contributed by atoms with van der Waals surface area (Å²) in [6.45, 7) is 2.10. The summed E-state index contributed by atoms with van der Waals surface area (Å²) >= 11 is 0. The van der Waals surface area contributed by atoms with E-state index in [1.165, 1.54) is 16.5 Å². The smallest absolute Gasteiger partial charge is 0.240 e. The summed E-state index contributed by atoms with van der Waals surface area (Å²) in [6, 6.07) is 16.7. The van der Waals surface area contributed by atoms with Gasteiger partial charge in [-0.2, -0.15) is 5.10 Å². The Labute approximate surface area is 134 Å². The summed E-state index contributed by atoms with van der Waals surface area (Å²) in [4.78, 5) is 14.7. The van der Waals surface area contributed by atoms with Crippen molar-refractivity contribution in [2.45, 2.75) is 19.8 Å².